The van der Waals surface area contributed by atoms with E-state index in [1.807, 2.05) is 0 Å². The number of carbonyl (C=O) groups is 2. The van der Waals surface area contributed by atoms with Crippen LogP contribution in [0.1, 0.15) is 12.5 Å². The molecule has 0 spiro atoms. The second-order valence-corrected chi connectivity index (χ2v) is 6.84. The van der Waals surface area contributed by atoms with Crippen LogP contribution >= 0.6 is 11.6 Å². The van der Waals surface area contributed by atoms with Gasteiger partial charge in [-0.2, -0.15) is 19.4 Å². The Labute approximate surface area is 198 Å². The van der Waals surface area contributed by atoms with Crippen LogP contribution in [0.2, 0.25) is 5.02 Å². The maximum Gasteiger partial charge on any atom is 0.329 e. The summed E-state index contributed by atoms with van der Waals surface area (Å²) in [6, 6.07) is 12.6. The van der Waals surface area contributed by atoms with Crippen LogP contribution in [0.3, 0.4) is 0 Å². The number of nitrogens with zero attached hydrogens (tertiary/aromatic N) is 4. The topological polar surface area (TPSA) is 112 Å². The summed E-state index contributed by atoms with van der Waals surface area (Å²) in [6.07, 6.45) is 1.04. The molecule has 0 bridgehead atoms. The van der Waals surface area contributed by atoms with Gasteiger partial charge in [-0.3, -0.25) is 9.59 Å². The number of ether oxygens (including phenoxy) is 2. The molecular formula is C22H18ClFN4O6. The molecule has 0 atom stereocenters. The maximum atomic E-state index is 15.1. The van der Waals surface area contributed by atoms with Crippen molar-refractivity contribution in [1.29, 1.82) is 0 Å². The van der Waals surface area contributed by atoms with E-state index < -0.39 is 29.5 Å². The Balaban J connectivity index is 1.94. The minimum Gasteiger partial charge on any atom is -0.436 e. The minimum atomic E-state index is -1.01. The van der Waals surface area contributed by atoms with Crippen LogP contribution in [0.5, 0.6) is 23.3 Å². The van der Waals surface area contributed by atoms with Crippen LogP contribution < -0.4 is 9.47 Å². The SMILES string of the molecule is CO/N=C(/C(=O)N(C)OC(C)=O)c1ccccc1Oc1ncnc(Oc2ccccc2Cl)c1F. The van der Waals surface area contributed by atoms with Crippen molar-refractivity contribution in [3.63, 3.8) is 0 Å². The van der Waals surface area contributed by atoms with Gasteiger partial charge in [0.2, 0.25) is 5.82 Å². The Morgan fingerprint density at radius 2 is 1.59 bits per heavy atom. The Morgan fingerprint density at radius 1 is 1.00 bits per heavy atom. The molecule has 3 aromatic rings. The van der Waals surface area contributed by atoms with Crippen molar-refractivity contribution in [2.45, 2.75) is 6.92 Å². The van der Waals surface area contributed by atoms with Crippen LogP contribution in [-0.2, 0) is 19.3 Å². The number of para-hydroxylation sites is 2. The molecule has 1 aromatic heterocycles. The molecule has 2 aromatic carbocycles. The number of carbonyl (C=O) groups excluding carboxylic acids is 2. The number of hydrogen-bond acceptors (Lipinski definition) is 9. The van der Waals surface area contributed by atoms with Gasteiger partial charge in [0.15, 0.2) is 5.71 Å². The molecule has 10 nitrogen and oxygen atoms in total. The van der Waals surface area contributed by atoms with Gasteiger partial charge in [0.1, 0.15) is 24.9 Å². The van der Waals surface area contributed by atoms with Crippen molar-refractivity contribution < 1.29 is 33.1 Å². The number of aromatic nitrogens is 2. The second kappa shape index (κ2) is 11.1. The highest BCUT2D eigenvalue weighted by Crippen LogP contribution is 2.33. The van der Waals surface area contributed by atoms with Crippen LogP contribution in [0.15, 0.2) is 60.0 Å². The van der Waals surface area contributed by atoms with E-state index in [0.29, 0.717) is 5.06 Å². The summed E-state index contributed by atoms with van der Waals surface area (Å²) < 4.78 is 26.2. The zero-order chi connectivity index (χ0) is 24.7. The summed E-state index contributed by atoms with van der Waals surface area (Å²) in [4.78, 5) is 41.1. The van der Waals surface area contributed by atoms with Crippen molar-refractivity contribution in [2.24, 2.45) is 5.16 Å². The molecule has 12 heteroatoms. The molecule has 0 fully saturated rings. The third-order valence-corrected chi connectivity index (χ3v) is 4.37. The summed E-state index contributed by atoms with van der Waals surface area (Å²) in [6.45, 7) is 1.13. The smallest absolute Gasteiger partial charge is 0.329 e. The van der Waals surface area contributed by atoms with Crippen molar-refractivity contribution in [2.75, 3.05) is 14.2 Å². The molecule has 3 rings (SSSR count). The fourth-order valence-electron chi connectivity index (χ4n) is 2.65. The largest absolute Gasteiger partial charge is 0.436 e. The van der Waals surface area contributed by atoms with E-state index in [0.717, 1.165) is 13.3 Å². The average molecular weight is 489 g/mol. The van der Waals surface area contributed by atoms with Gasteiger partial charge >= 0.3 is 11.9 Å². The van der Waals surface area contributed by atoms with Gasteiger partial charge in [-0.05, 0) is 24.3 Å². The predicted octanol–water partition coefficient (Wildman–Crippen LogP) is 4.14. The van der Waals surface area contributed by atoms with Crippen molar-refractivity contribution >= 4 is 29.2 Å². The molecule has 0 N–H and O–H groups in total. The fraction of sp³-hybridized carbons (Fsp3) is 0.136. The molecule has 1 amide bonds. The summed E-state index contributed by atoms with van der Waals surface area (Å²) in [5.41, 5.74) is -0.163. The van der Waals surface area contributed by atoms with E-state index in [-0.39, 0.29) is 27.8 Å². The van der Waals surface area contributed by atoms with E-state index in [4.69, 9.17) is 30.7 Å². The lowest BCUT2D eigenvalue weighted by Gasteiger charge is -2.17. The maximum absolute atomic E-state index is 15.1. The van der Waals surface area contributed by atoms with E-state index in [1.54, 1.807) is 36.4 Å². The number of oxime groups is 1. The number of halogens is 2. The molecule has 0 unspecified atom stereocenters. The van der Waals surface area contributed by atoms with E-state index >= 15 is 4.39 Å². The van der Waals surface area contributed by atoms with Gasteiger partial charge in [-0.1, -0.05) is 41.0 Å². The molecule has 0 aliphatic rings. The number of likely N-dealkylation sites (N-methyl/N-ethyl adjacent to an activating group) is 1. The van der Waals surface area contributed by atoms with Gasteiger partial charge in [0.05, 0.1) is 10.6 Å². The second-order valence-electron chi connectivity index (χ2n) is 6.44. The summed E-state index contributed by atoms with van der Waals surface area (Å²) >= 11 is 6.05. The zero-order valence-electron chi connectivity index (χ0n) is 18.2. The highest BCUT2D eigenvalue weighted by molar-refractivity contribution is 6.45. The van der Waals surface area contributed by atoms with Crippen LogP contribution in [-0.4, -0.2) is 46.8 Å². The first kappa shape index (κ1) is 24.4. The van der Waals surface area contributed by atoms with E-state index in [2.05, 4.69) is 15.1 Å². The van der Waals surface area contributed by atoms with Gasteiger partial charge in [0, 0.05) is 14.0 Å². The number of rotatable bonds is 7. The number of amides is 1. The summed E-state index contributed by atoms with van der Waals surface area (Å²) in [7, 11) is 2.45. The highest BCUT2D eigenvalue weighted by atomic mass is 35.5. The summed E-state index contributed by atoms with van der Waals surface area (Å²) in [5, 5.41) is 4.65. The summed E-state index contributed by atoms with van der Waals surface area (Å²) in [5.74, 6) is -3.27. The molecule has 0 aliphatic carbocycles. The quantitative estimate of drug-likeness (QED) is 0.360. The van der Waals surface area contributed by atoms with Crippen molar-refractivity contribution in [1.82, 2.24) is 15.0 Å². The molecular weight excluding hydrogens is 471 g/mol. The molecule has 176 valence electrons. The normalized spacial score (nSPS) is 10.9. The molecule has 0 saturated carbocycles. The Bertz CT molecular complexity index is 1240. The third-order valence-electron chi connectivity index (χ3n) is 4.05. The van der Waals surface area contributed by atoms with Gasteiger partial charge in [-0.15, -0.1) is 0 Å². The minimum absolute atomic E-state index is 0.00386. The predicted molar refractivity (Wildman–Crippen MR) is 118 cm³/mol. The lowest BCUT2D eigenvalue weighted by atomic mass is 10.1. The van der Waals surface area contributed by atoms with E-state index in [9.17, 15) is 9.59 Å². The average Bonchev–Trinajstić information content (AvgIpc) is 2.81. The molecule has 34 heavy (non-hydrogen) atoms. The van der Waals surface area contributed by atoms with E-state index in [1.165, 1.54) is 26.3 Å². The molecule has 0 radical (unpaired) electrons. The van der Waals surface area contributed by atoms with Crippen LogP contribution in [0, 0.1) is 5.82 Å². The standard InChI is InChI=1S/C22H18ClFN4O6/c1-13(29)34-28(2)22(30)19(27-31-3)14-8-4-6-10-16(14)32-20-18(24)21(26-12-25-20)33-17-11-7-5-9-15(17)23/h4-12H,1-3H3/b27-19+. The van der Waals surface area contributed by atoms with Crippen molar-refractivity contribution in [3.8, 4) is 23.3 Å². The molecule has 1 heterocycles. The zero-order valence-corrected chi connectivity index (χ0v) is 18.9. The number of hydroxylamine groups is 2. The highest BCUT2D eigenvalue weighted by Gasteiger charge is 2.26. The van der Waals surface area contributed by atoms with Gasteiger partial charge in [-0.25, -0.2) is 0 Å². The fourth-order valence-corrected chi connectivity index (χ4v) is 2.82. The van der Waals surface area contributed by atoms with Gasteiger partial charge in [0.25, 0.3) is 11.8 Å². The van der Waals surface area contributed by atoms with Crippen LogP contribution in [0.25, 0.3) is 0 Å². The number of hydrogen-bond donors (Lipinski definition) is 0. The first-order chi connectivity index (χ1) is 16.3. The Kier molecular flexibility index (Phi) is 7.93. The first-order valence-electron chi connectivity index (χ1n) is 9.59. The lowest BCUT2D eigenvalue weighted by molar-refractivity contribution is -0.186. The lowest BCUT2D eigenvalue weighted by Crippen LogP contribution is -2.35. The Hall–Kier alpha value is -4.25. The Morgan fingerprint density at radius 3 is 2.21 bits per heavy atom. The first-order valence-corrected chi connectivity index (χ1v) is 9.97. The number of benzene rings is 2. The monoisotopic (exact) mass is 488 g/mol. The van der Waals surface area contributed by atoms with Crippen molar-refractivity contribution in [3.05, 3.63) is 71.3 Å². The third kappa shape index (κ3) is 5.75. The molecule has 0 aliphatic heterocycles. The molecule has 0 saturated heterocycles. The van der Waals surface area contributed by atoms with Gasteiger partial charge < -0.3 is 19.1 Å². The van der Waals surface area contributed by atoms with Crippen LogP contribution in [0.4, 0.5) is 4.39 Å².